The van der Waals surface area contributed by atoms with Crippen LogP contribution in [0.5, 0.6) is 5.75 Å². The zero-order valence-corrected chi connectivity index (χ0v) is 14.7. The van der Waals surface area contributed by atoms with E-state index in [1.165, 1.54) is 29.2 Å². The van der Waals surface area contributed by atoms with E-state index in [0.717, 1.165) is 19.4 Å². The third-order valence-electron chi connectivity index (χ3n) is 4.05. The van der Waals surface area contributed by atoms with Crippen molar-refractivity contribution in [1.29, 1.82) is 0 Å². The molecule has 0 bridgehead atoms. The van der Waals surface area contributed by atoms with Crippen molar-refractivity contribution in [2.24, 2.45) is 0 Å². The van der Waals surface area contributed by atoms with Gasteiger partial charge < -0.3 is 10.1 Å². The number of carbonyl (C=O) groups is 2. The minimum Gasteiger partial charge on any atom is -0.410 e. The predicted molar refractivity (Wildman–Crippen MR) is 91.6 cm³/mol. The molecule has 0 radical (unpaired) electrons. The Balaban J connectivity index is 2.07. The second-order valence-corrected chi connectivity index (χ2v) is 6.99. The average molecular weight is 349 g/mol. The number of hydrogen-bond donors (Lipinski definition) is 1. The predicted octanol–water partition coefficient (Wildman–Crippen LogP) is 2.52. The maximum Gasteiger partial charge on any atom is 0.416 e. The molecule has 2 rings (SSSR count). The fourth-order valence-electron chi connectivity index (χ4n) is 2.59. The van der Waals surface area contributed by atoms with E-state index in [9.17, 15) is 19.7 Å². The molecule has 0 spiro atoms. The third kappa shape index (κ3) is 4.99. The van der Waals surface area contributed by atoms with Crippen LogP contribution in [0.1, 0.15) is 33.6 Å². The van der Waals surface area contributed by atoms with Gasteiger partial charge in [-0.25, -0.2) is 4.79 Å². The van der Waals surface area contributed by atoms with E-state index in [1.807, 2.05) is 20.8 Å². The summed E-state index contributed by atoms with van der Waals surface area (Å²) in [5.41, 5.74) is -0.693. The van der Waals surface area contributed by atoms with Gasteiger partial charge in [0.15, 0.2) is 5.78 Å². The molecule has 8 nitrogen and oxygen atoms in total. The molecule has 136 valence electrons. The Labute approximate surface area is 146 Å². The fourth-order valence-corrected chi connectivity index (χ4v) is 2.59. The van der Waals surface area contributed by atoms with E-state index in [1.54, 1.807) is 0 Å². The molecular weight excluding hydrogens is 326 g/mol. The van der Waals surface area contributed by atoms with Gasteiger partial charge in [-0.15, -0.1) is 0 Å². The lowest BCUT2D eigenvalue weighted by Crippen LogP contribution is -2.51. The van der Waals surface area contributed by atoms with Crippen molar-refractivity contribution in [1.82, 2.24) is 10.2 Å². The summed E-state index contributed by atoms with van der Waals surface area (Å²) in [6.45, 7) is 6.21. The Morgan fingerprint density at radius 1 is 1.32 bits per heavy atom. The molecule has 0 unspecified atom stereocenters. The summed E-state index contributed by atoms with van der Waals surface area (Å²) in [4.78, 5) is 36.4. The number of benzene rings is 1. The van der Waals surface area contributed by atoms with Gasteiger partial charge in [0.25, 0.3) is 5.69 Å². The fraction of sp³-hybridized carbons (Fsp3) is 0.529. The van der Waals surface area contributed by atoms with Gasteiger partial charge in [-0.2, -0.15) is 0 Å². The minimum absolute atomic E-state index is 0.0481. The van der Waals surface area contributed by atoms with Crippen molar-refractivity contribution < 1.29 is 19.2 Å². The van der Waals surface area contributed by atoms with Crippen molar-refractivity contribution >= 4 is 17.6 Å². The Morgan fingerprint density at radius 2 is 1.96 bits per heavy atom. The number of nitrogens with zero attached hydrogens (tertiary/aromatic N) is 2. The molecule has 1 aliphatic heterocycles. The molecule has 1 aromatic carbocycles. The number of carbonyl (C=O) groups excluding carboxylic acids is 2. The molecule has 8 heteroatoms. The lowest BCUT2D eigenvalue weighted by Gasteiger charge is -2.34. The summed E-state index contributed by atoms with van der Waals surface area (Å²) >= 11 is 0. The Kier molecular flexibility index (Phi) is 5.73. The van der Waals surface area contributed by atoms with Crippen LogP contribution < -0.4 is 10.1 Å². The number of amides is 1. The van der Waals surface area contributed by atoms with E-state index >= 15 is 0 Å². The van der Waals surface area contributed by atoms with Gasteiger partial charge in [0.2, 0.25) is 0 Å². The smallest absolute Gasteiger partial charge is 0.410 e. The van der Waals surface area contributed by atoms with Crippen molar-refractivity contribution in [3.63, 3.8) is 0 Å². The van der Waals surface area contributed by atoms with Crippen LogP contribution in [0, 0.1) is 10.1 Å². The number of nitro benzene ring substituents is 1. The lowest BCUT2D eigenvalue weighted by atomic mass is 10.0. The molecular formula is C17H23N3O5. The number of nitro groups is 1. The Bertz CT molecular complexity index is 645. The Hall–Kier alpha value is -2.48. The van der Waals surface area contributed by atoms with Crippen LogP contribution in [0.15, 0.2) is 24.3 Å². The molecule has 25 heavy (non-hydrogen) atoms. The molecule has 1 atom stereocenters. The first kappa shape index (κ1) is 18.9. The van der Waals surface area contributed by atoms with Crippen LogP contribution in [-0.4, -0.2) is 46.4 Å². The zero-order valence-electron chi connectivity index (χ0n) is 14.7. The highest BCUT2D eigenvalue weighted by Crippen LogP contribution is 2.21. The minimum atomic E-state index is -0.660. The molecule has 1 fully saturated rings. The largest absolute Gasteiger partial charge is 0.416 e. The quantitative estimate of drug-likeness (QED) is 0.647. The van der Waals surface area contributed by atoms with E-state index in [0.29, 0.717) is 0 Å². The molecule has 1 heterocycles. The molecule has 0 saturated carbocycles. The highest BCUT2D eigenvalue weighted by Gasteiger charge is 2.33. The summed E-state index contributed by atoms with van der Waals surface area (Å²) in [5, 5.41) is 13.8. The van der Waals surface area contributed by atoms with Crippen LogP contribution in [-0.2, 0) is 4.79 Å². The van der Waals surface area contributed by atoms with Crippen LogP contribution in [0.25, 0.3) is 0 Å². The number of nitrogens with one attached hydrogen (secondary N) is 1. The summed E-state index contributed by atoms with van der Waals surface area (Å²) < 4.78 is 5.29. The third-order valence-corrected chi connectivity index (χ3v) is 4.05. The molecule has 1 N–H and O–H groups in total. The highest BCUT2D eigenvalue weighted by molar-refractivity contribution is 5.89. The van der Waals surface area contributed by atoms with Gasteiger partial charge in [-0.3, -0.25) is 19.8 Å². The average Bonchev–Trinajstić information content (AvgIpc) is 3.06. The van der Waals surface area contributed by atoms with Gasteiger partial charge in [0, 0.05) is 17.7 Å². The maximum atomic E-state index is 12.5. The monoisotopic (exact) mass is 349 g/mol. The number of rotatable bonds is 5. The van der Waals surface area contributed by atoms with Crippen LogP contribution in [0.2, 0.25) is 0 Å². The maximum absolute atomic E-state index is 12.5. The van der Waals surface area contributed by atoms with Crippen LogP contribution in [0.3, 0.4) is 0 Å². The van der Waals surface area contributed by atoms with Gasteiger partial charge in [-0.1, -0.05) is 0 Å². The van der Waals surface area contributed by atoms with E-state index < -0.39 is 16.6 Å². The number of non-ortho nitro benzene ring substituents is 1. The summed E-state index contributed by atoms with van der Waals surface area (Å²) in [6.07, 6.45) is 1.06. The number of ketones is 1. The number of Topliss-reactive ketones (excluding diaryl/α,β-unsaturated/α-hetero) is 1. The van der Waals surface area contributed by atoms with Gasteiger partial charge in [0.05, 0.1) is 17.5 Å². The lowest BCUT2D eigenvalue weighted by molar-refractivity contribution is -0.384. The summed E-state index contributed by atoms with van der Waals surface area (Å²) in [5.74, 6) is 0.143. The van der Waals surface area contributed by atoms with Crippen LogP contribution in [0.4, 0.5) is 10.5 Å². The van der Waals surface area contributed by atoms with Gasteiger partial charge in [-0.05, 0) is 52.3 Å². The van der Waals surface area contributed by atoms with Crippen LogP contribution >= 0.6 is 0 Å². The topological polar surface area (TPSA) is 102 Å². The van der Waals surface area contributed by atoms with Gasteiger partial charge >= 0.3 is 6.09 Å². The summed E-state index contributed by atoms with van der Waals surface area (Å²) in [6, 6.07) is 5.01. The standard InChI is InChI=1S/C17H23N3O5/c1-17(2,3)19(11-15(21)14-5-4-10-18-14)16(22)25-13-8-6-12(7-9-13)20(23)24/h6-9,14,18H,4-5,10-11H2,1-3H3/t14-/m0/s1. The second-order valence-electron chi connectivity index (χ2n) is 6.99. The molecule has 0 aromatic heterocycles. The molecule has 1 saturated heterocycles. The summed E-state index contributed by atoms with van der Waals surface area (Å²) in [7, 11) is 0. The highest BCUT2D eigenvalue weighted by atomic mass is 16.6. The van der Waals surface area contributed by atoms with E-state index in [-0.39, 0.29) is 29.8 Å². The SMILES string of the molecule is CC(C)(C)N(CC(=O)[C@@H]1CCCN1)C(=O)Oc1ccc([N+](=O)[O-])cc1. The van der Waals surface area contributed by atoms with Crippen molar-refractivity contribution in [3.8, 4) is 5.75 Å². The van der Waals surface area contributed by atoms with Gasteiger partial charge in [0.1, 0.15) is 5.75 Å². The van der Waals surface area contributed by atoms with Crippen molar-refractivity contribution in [3.05, 3.63) is 34.4 Å². The number of hydrogen-bond acceptors (Lipinski definition) is 6. The first-order chi connectivity index (χ1) is 11.7. The van der Waals surface area contributed by atoms with Crippen molar-refractivity contribution in [2.75, 3.05) is 13.1 Å². The first-order valence-electron chi connectivity index (χ1n) is 8.18. The molecule has 1 aromatic rings. The molecule has 1 aliphatic rings. The number of ether oxygens (including phenoxy) is 1. The van der Waals surface area contributed by atoms with Crippen molar-refractivity contribution in [2.45, 2.75) is 45.2 Å². The normalized spacial score (nSPS) is 17.2. The van der Waals surface area contributed by atoms with E-state index in [4.69, 9.17) is 4.74 Å². The Morgan fingerprint density at radius 3 is 2.44 bits per heavy atom. The zero-order chi connectivity index (χ0) is 18.6. The first-order valence-corrected chi connectivity index (χ1v) is 8.18. The molecule has 1 amide bonds. The van der Waals surface area contributed by atoms with E-state index in [2.05, 4.69) is 5.32 Å². The second kappa shape index (κ2) is 7.60. The molecule has 0 aliphatic carbocycles.